The van der Waals surface area contributed by atoms with Crippen LogP contribution in [0.3, 0.4) is 0 Å². The molecule has 20 heteroatoms. The number of nitro groups is 2. The Kier molecular flexibility index (Phi) is 10.3. The van der Waals surface area contributed by atoms with E-state index in [9.17, 15) is 52.9 Å². The summed E-state index contributed by atoms with van der Waals surface area (Å²) in [7, 11) is -3.76. The number of thioether (sulfide) groups is 1. The number of amides is 2. The smallest absolute Gasteiger partial charge is 0.477 e. The molecule has 3 heterocycles. The van der Waals surface area contributed by atoms with Crippen molar-refractivity contribution in [1.82, 2.24) is 9.80 Å². The summed E-state index contributed by atoms with van der Waals surface area (Å²) in [6.45, 7) is 0.629. The van der Waals surface area contributed by atoms with Gasteiger partial charge in [0.1, 0.15) is 25.0 Å². The van der Waals surface area contributed by atoms with Crippen molar-refractivity contribution < 1.29 is 56.8 Å². The first kappa shape index (κ1) is 36.1. The molecule has 0 radical (unpaired) electrons. The molecule has 4 unspecified atom stereocenters. The number of likely N-dealkylation sites (tertiary alicyclic amines) is 1. The SMILES string of the molecule is CC(OC(=O)OCc1ccc([N+](=O)[O-])cc1)C1C(=O)N2C(C(=O)O)=C(SC3CN(C(=O)OCc4ccc([N+](=O)[O-])cc4)CC3S(C)(=O)=O)C[C@H]12. The van der Waals surface area contributed by atoms with E-state index in [-0.39, 0.29) is 54.7 Å². The normalized spacial score (nSPS) is 22.0. The number of carbonyl (C=O) groups excluding carboxylic acids is 3. The Morgan fingerprint density at radius 2 is 1.50 bits per heavy atom. The number of carboxylic acids is 1. The minimum absolute atomic E-state index is 0.0336. The van der Waals surface area contributed by atoms with Crippen molar-refractivity contribution in [3.63, 3.8) is 0 Å². The van der Waals surface area contributed by atoms with Gasteiger partial charge >= 0.3 is 18.2 Å². The van der Waals surface area contributed by atoms with E-state index in [0.717, 1.165) is 22.9 Å². The van der Waals surface area contributed by atoms with Gasteiger partial charge in [0.2, 0.25) is 5.91 Å². The van der Waals surface area contributed by atoms with Gasteiger partial charge in [0, 0.05) is 60.2 Å². The first-order chi connectivity index (χ1) is 23.5. The second kappa shape index (κ2) is 14.3. The molecule has 2 aromatic carbocycles. The topological polar surface area (TPSA) is 243 Å². The molecule has 18 nitrogen and oxygen atoms in total. The molecule has 2 amide bonds. The molecule has 3 aliphatic rings. The average molecular weight is 735 g/mol. The minimum atomic E-state index is -3.76. The van der Waals surface area contributed by atoms with Gasteiger partial charge < -0.3 is 29.1 Å². The van der Waals surface area contributed by atoms with E-state index in [1.807, 2.05) is 0 Å². The highest BCUT2D eigenvalue weighted by atomic mass is 32.2. The molecule has 266 valence electrons. The molecule has 0 saturated carbocycles. The molecule has 5 atom stereocenters. The summed E-state index contributed by atoms with van der Waals surface area (Å²) in [6, 6.07) is 9.94. The van der Waals surface area contributed by atoms with Crippen molar-refractivity contribution in [2.45, 2.75) is 49.2 Å². The fourth-order valence-corrected chi connectivity index (χ4v) is 9.27. The zero-order valence-electron chi connectivity index (χ0n) is 26.4. The van der Waals surface area contributed by atoms with E-state index in [1.54, 1.807) is 0 Å². The van der Waals surface area contributed by atoms with E-state index < -0.39 is 72.4 Å². The van der Waals surface area contributed by atoms with Crippen molar-refractivity contribution in [2.75, 3.05) is 19.3 Å². The fraction of sp³-hybridized carbons (Fsp3) is 0.400. The molecule has 50 heavy (non-hydrogen) atoms. The van der Waals surface area contributed by atoms with Crippen molar-refractivity contribution in [3.8, 4) is 0 Å². The number of sulfone groups is 1. The number of hydrogen-bond donors (Lipinski definition) is 1. The van der Waals surface area contributed by atoms with Gasteiger partial charge in [-0.1, -0.05) is 0 Å². The van der Waals surface area contributed by atoms with Crippen LogP contribution in [-0.4, -0.2) is 99.3 Å². The van der Waals surface area contributed by atoms with Crippen LogP contribution in [0.2, 0.25) is 0 Å². The van der Waals surface area contributed by atoms with E-state index in [2.05, 4.69) is 0 Å². The second-order valence-corrected chi connectivity index (χ2v) is 15.4. The van der Waals surface area contributed by atoms with Gasteiger partial charge in [-0.2, -0.15) is 0 Å². The minimum Gasteiger partial charge on any atom is -0.477 e. The zero-order valence-corrected chi connectivity index (χ0v) is 28.0. The summed E-state index contributed by atoms with van der Waals surface area (Å²) in [6.07, 6.45) is -1.92. The lowest BCUT2D eigenvalue weighted by atomic mass is 9.83. The third kappa shape index (κ3) is 7.65. The van der Waals surface area contributed by atoms with E-state index in [4.69, 9.17) is 14.2 Å². The average Bonchev–Trinajstić information content (AvgIpc) is 3.63. The van der Waals surface area contributed by atoms with Gasteiger partial charge in [0.25, 0.3) is 11.4 Å². The molecule has 0 aromatic heterocycles. The maximum absolute atomic E-state index is 13.2. The van der Waals surface area contributed by atoms with Gasteiger partial charge in [-0.25, -0.2) is 22.8 Å². The van der Waals surface area contributed by atoms with Crippen molar-refractivity contribution in [1.29, 1.82) is 0 Å². The Morgan fingerprint density at radius 1 is 0.960 bits per heavy atom. The lowest BCUT2D eigenvalue weighted by molar-refractivity contribution is -0.385. The van der Waals surface area contributed by atoms with Crippen LogP contribution < -0.4 is 0 Å². The maximum Gasteiger partial charge on any atom is 0.508 e. The highest BCUT2D eigenvalue weighted by molar-refractivity contribution is 8.04. The fourth-order valence-electron chi connectivity index (χ4n) is 5.99. The summed E-state index contributed by atoms with van der Waals surface area (Å²) in [4.78, 5) is 73.8. The van der Waals surface area contributed by atoms with Crippen LogP contribution in [0.15, 0.2) is 59.1 Å². The Morgan fingerprint density at radius 3 is 2.00 bits per heavy atom. The molecule has 2 fully saturated rings. The third-order valence-electron chi connectivity index (χ3n) is 8.49. The Bertz CT molecular complexity index is 1870. The number of hydrogen-bond acceptors (Lipinski definition) is 14. The second-order valence-electron chi connectivity index (χ2n) is 11.8. The number of nitrogens with zero attached hydrogens (tertiary/aromatic N) is 4. The first-order valence-corrected chi connectivity index (χ1v) is 17.8. The van der Waals surface area contributed by atoms with Crippen molar-refractivity contribution in [3.05, 3.63) is 90.5 Å². The third-order valence-corrected chi connectivity index (χ3v) is 11.7. The van der Waals surface area contributed by atoms with Gasteiger partial charge in [-0.3, -0.25) is 25.0 Å². The number of β-lactam (4-membered cyclic amide) rings is 1. The Balaban J connectivity index is 1.20. The zero-order chi connectivity index (χ0) is 36.5. The monoisotopic (exact) mass is 734 g/mol. The standard InChI is InChI=1S/C30H30N4O14S2/c1-16(48-30(39)47-15-18-5-9-20(10-6-18)34(42)43)25-21-11-22(26(28(36)37)32(21)27(25)35)49-23-12-31(13-24(23)50(2,44)45)29(38)46-14-17-3-7-19(8-4-17)33(40)41/h3-10,16,21,23-25H,11-15H2,1-2H3,(H,36,37)/t16?,21-,23?,24?,25?/m1/s1. The van der Waals surface area contributed by atoms with Crippen LogP contribution in [-0.2, 0) is 46.9 Å². The number of nitro benzene ring substituents is 2. The van der Waals surface area contributed by atoms with Gasteiger partial charge in [-0.05, 0) is 42.3 Å². The number of ether oxygens (including phenoxy) is 3. The predicted octanol–water partition coefficient (Wildman–Crippen LogP) is 3.24. The number of benzene rings is 2. The van der Waals surface area contributed by atoms with Crippen LogP contribution in [0.1, 0.15) is 24.5 Å². The van der Waals surface area contributed by atoms with Crippen LogP contribution >= 0.6 is 11.8 Å². The number of carbonyl (C=O) groups is 4. The van der Waals surface area contributed by atoms with E-state index >= 15 is 0 Å². The van der Waals surface area contributed by atoms with Gasteiger partial charge in [-0.15, -0.1) is 11.8 Å². The number of rotatable bonds is 12. The number of aliphatic carboxylic acids is 1. The highest BCUT2D eigenvalue weighted by Gasteiger charge is 2.58. The summed E-state index contributed by atoms with van der Waals surface area (Å²) in [5.41, 5.74) is 0.320. The lowest BCUT2D eigenvalue weighted by Crippen LogP contribution is -2.62. The summed E-state index contributed by atoms with van der Waals surface area (Å²) in [5.74, 6) is -2.94. The summed E-state index contributed by atoms with van der Waals surface area (Å²) >= 11 is 0.950. The molecule has 2 saturated heterocycles. The molecule has 2 aromatic rings. The molecule has 0 aliphatic carbocycles. The number of carboxylic acid groups (broad SMARTS) is 1. The quantitative estimate of drug-likeness (QED) is 0.142. The van der Waals surface area contributed by atoms with Crippen molar-refractivity contribution in [2.24, 2.45) is 5.92 Å². The van der Waals surface area contributed by atoms with Crippen LogP contribution in [0.5, 0.6) is 0 Å². The van der Waals surface area contributed by atoms with Crippen LogP contribution in [0, 0.1) is 26.1 Å². The van der Waals surface area contributed by atoms with Crippen LogP contribution in [0.25, 0.3) is 0 Å². The summed E-state index contributed by atoms with van der Waals surface area (Å²) < 4.78 is 41.2. The number of fused-ring (bicyclic) bond motifs is 1. The number of non-ortho nitro benzene ring substituents is 2. The Hall–Kier alpha value is -5.24. The molecule has 0 spiro atoms. The van der Waals surface area contributed by atoms with E-state index in [1.165, 1.54) is 60.4 Å². The largest absolute Gasteiger partial charge is 0.508 e. The van der Waals surface area contributed by atoms with E-state index in [0.29, 0.717) is 11.1 Å². The van der Waals surface area contributed by atoms with Gasteiger partial charge in [0.05, 0.1) is 27.1 Å². The molecule has 1 N–H and O–H groups in total. The summed E-state index contributed by atoms with van der Waals surface area (Å²) in [5, 5.41) is 29.8. The van der Waals surface area contributed by atoms with Crippen LogP contribution in [0.4, 0.5) is 21.0 Å². The highest BCUT2D eigenvalue weighted by Crippen LogP contribution is 2.49. The molecule has 3 aliphatic heterocycles. The maximum atomic E-state index is 13.2. The molecule has 5 rings (SSSR count). The van der Waals surface area contributed by atoms with Gasteiger partial charge in [0.15, 0.2) is 9.84 Å². The Labute approximate surface area is 288 Å². The predicted molar refractivity (Wildman–Crippen MR) is 172 cm³/mol. The van der Waals surface area contributed by atoms with Crippen molar-refractivity contribution >= 4 is 57.1 Å². The first-order valence-electron chi connectivity index (χ1n) is 14.9. The molecular weight excluding hydrogens is 704 g/mol. The lowest BCUT2D eigenvalue weighted by Gasteiger charge is -2.45. The molecular formula is C30H30N4O14S2. The molecule has 0 bridgehead atoms.